The largest absolute Gasteiger partial charge is 0.384 e. The summed E-state index contributed by atoms with van der Waals surface area (Å²) in [5.74, 6) is -0.208. The number of hydrogen-bond acceptors (Lipinski definition) is 3. The second kappa shape index (κ2) is 10.5. The molecule has 2 aromatic rings. The van der Waals surface area contributed by atoms with Crippen molar-refractivity contribution in [2.75, 3.05) is 11.9 Å². The lowest BCUT2D eigenvalue weighted by Crippen LogP contribution is -2.23. The van der Waals surface area contributed by atoms with Gasteiger partial charge in [-0.25, -0.2) is 0 Å². The van der Waals surface area contributed by atoms with Crippen molar-refractivity contribution in [1.29, 1.82) is 0 Å². The Bertz CT molecular complexity index is 908. The molecule has 1 aliphatic rings. The molecule has 0 unspecified atom stereocenters. The van der Waals surface area contributed by atoms with Gasteiger partial charge in [-0.1, -0.05) is 76.1 Å². The average molecular weight is 521 g/mol. The third-order valence-electron chi connectivity index (χ3n) is 5.43. The first-order chi connectivity index (χ1) is 14.1. The number of fused-ring (bicyclic) bond motifs is 2. The molecule has 0 aromatic heterocycles. The molecule has 3 nitrogen and oxygen atoms in total. The van der Waals surface area contributed by atoms with Gasteiger partial charge in [-0.15, -0.1) is 0 Å². The maximum atomic E-state index is 13.2. The Balaban J connectivity index is 1.70. The number of carbonyl (C=O) groups excluding carboxylic acids is 2. The van der Waals surface area contributed by atoms with Crippen LogP contribution in [0.4, 0.5) is 5.69 Å². The molecule has 0 fully saturated rings. The van der Waals surface area contributed by atoms with E-state index in [-0.39, 0.29) is 11.6 Å². The van der Waals surface area contributed by atoms with Crippen LogP contribution in [-0.2, 0) is 0 Å². The first-order valence-corrected chi connectivity index (χ1v) is 12.1. The molecule has 3 rings (SSSR count). The van der Waals surface area contributed by atoms with E-state index in [4.69, 9.17) is 0 Å². The van der Waals surface area contributed by atoms with Crippen LogP contribution in [-0.4, -0.2) is 18.1 Å². The summed E-state index contributed by atoms with van der Waals surface area (Å²) in [4.78, 5) is 26.2. The number of rotatable bonds is 10. The number of nitrogens with one attached hydrogen (secondary N) is 1. The Labute approximate surface area is 189 Å². The predicted molar refractivity (Wildman–Crippen MR) is 126 cm³/mol. The highest BCUT2D eigenvalue weighted by Crippen LogP contribution is 2.40. The molecule has 29 heavy (non-hydrogen) atoms. The monoisotopic (exact) mass is 519 g/mol. The molecular weight excluding hydrogens is 494 g/mol. The highest BCUT2D eigenvalue weighted by atomic mass is 79.9. The van der Waals surface area contributed by atoms with E-state index in [1.807, 2.05) is 6.07 Å². The number of unbranched alkanes of at least 4 members (excludes halogenated alkanes) is 7. The summed E-state index contributed by atoms with van der Waals surface area (Å²) < 4.78 is 1.44. The maximum absolute atomic E-state index is 13.2. The lowest BCUT2D eigenvalue weighted by atomic mass is 9.83. The van der Waals surface area contributed by atoms with Crippen LogP contribution in [0.15, 0.2) is 39.3 Å². The van der Waals surface area contributed by atoms with Gasteiger partial charge in [-0.3, -0.25) is 9.59 Å². The van der Waals surface area contributed by atoms with Gasteiger partial charge in [0.05, 0.1) is 16.8 Å². The zero-order valence-electron chi connectivity index (χ0n) is 16.8. The number of ketones is 2. The summed E-state index contributed by atoms with van der Waals surface area (Å²) >= 11 is 7.06. The van der Waals surface area contributed by atoms with Crippen molar-refractivity contribution in [2.45, 2.75) is 58.3 Å². The van der Waals surface area contributed by atoms with Gasteiger partial charge in [-0.2, -0.15) is 0 Å². The van der Waals surface area contributed by atoms with Crippen LogP contribution in [0.5, 0.6) is 0 Å². The molecule has 1 aliphatic carbocycles. The Hall–Kier alpha value is -1.46. The lowest BCUT2D eigenvalue weighted by Gasteiger charge is -2.23. The van der Waals surface area contributed by atoms with Crippen LogP contribution in [0.3, 0.4) is 0 Å². The fraction of sp³-hybridized carbons (Fsp3) is 0.417. The fourth-order valence-corrected chi connectivity index (χ4v) is 5.34. The second-order valence-corrected chi connectivity index (χ2v) is 9.28. The molecule has 0 bridgehead atoms. The van der Waals surface area contributed by atoms with Gasteiger partial charge in [-0.05, 0) is 44.3 Å². The van der Waals surface area contributed by atoms with Crippen LogP contribution in [0, 0.1) is 0 Å². The zero-order chi connectivity index (χ0) is 20.8. The van der Waals surface area contributed by atoms with Gasteiger partial charge in [0, 0.05) is 26.6 Å². The topological polar surface area (TPSA) is 46.2 Å². The molecule has 0 saturated heterocycles. The van der Waals surface area contributed by atoms with Crippen molar-refractivity contribution in [2.24, 2.45) is 0 Å². The zero-order valence-corrected chi connectivity index (χ0v) is 20.0. The molecule has 0 aliphatic heterocycles. The minimum Gasteiger partial charge on any atom is -0.384 e. The standard InChI is InChI=1S/C24H27Br2NO2/c1-2-3-4-5-6-7-8-11-14-27-22-19(26)15-18(25)20-21(22)24(29)17-13-10-9-12-16(17)23(20)28/h9-10,12-13,15,27H,2-8,11,14H2,1H3. The number of benzene rings is 2. The van der Waals surface area contributed by atoms with Crippen LogP contribution in [0.1, 0.15) is 90.1 Å². The number of hydrogen-bond donors (Lipinski definition) is 1. The highest BCUT2D eigenvalue weighted by molar-refractivity contribution is 9.11. The molecule has 5 heteroatoms. The van der Waals surface area contributed by atoms with Crippen molar-refractivity contribution < 1.29 is 9.59 Å². The SMILES string of the molecule is CCCCCCCCCCNc1c(Br)cc(Br)c2c1C(=O)c1ccccc1C2=O. The van der Waals surface area contributed by atoms with E-state index in [1.54, 1.807) is 24.3 Å². The molecule has 0 saturated carbocycles. The number of anilines is 1. The smallest absolute Gasteiger partial charge is 0.196 e. The third-order valence-corrected chi connectivity index (χ3v) is 6.68. The Morgan fingerprint density at radius 1 is 0.759 bits per heavy atom. The minimum absolute atomic E-state index is 0.101. The summed E-state index contributed by atoms with van der Waals surface area (Å²) in [5, 5.41) is 3.42. The van der Waals surface area contributed by atoms with Crippen molar-refractivity contribution in [1.82, 2.24) is 0 Å². The summed E-state index contributed by atoms with van der Waals surface area (Å²) in [6.07, 6.45) is 10.0. The van der Waals surface area contributed by atoms with Gasteiger partial charge in [0.1, 0.15) is 0 Å². The molecule has 0 atom stereocenters. The van der Waals surface area contributed by atoms with Gasteiger partial charge in [0.2, 0.25) is 0 Å². The molecule has 154 valence electrons. The molecule has 0 heterocycles. The molecule has 0 spiro atoms. The van der Waals surface area contributed by atoms with Crippen LogP contribution in [0.2, 0.25) is 0 Å². The van der Waals surface area contributed by atoms with Crippen molar-refractivity contribution >= 4 is 49.1 Å². The van der Waals surface area contributed by atoms with Gasteiger partial charge in [0.15, 0.2) is 11.6 Å². The van der Waals surface area contributed by atoms with E-state index >= 15 is 0 Å². The first kappa shape index (κ1) is 22.2. The normalized spacial score (nSPS) is 12.7. The molecule has 0 radical (unpaired) electrons. The van der Waals surface area contributed by atoms with E-state index in [9.17, 15) is 9.59 Å². The van der Waals surface area contributed by atoms with Gasteiger partial charge < -0.3 is 5.32 Å². The predicted octanol–water partition coefficient (Wildman–Crippen LogP) is 7.54. The Morgan fingerprint density at radius 2 is 1.31 bits per heavy atom. The van der Waals surface area contributed by atoms with Crippen molar-refractivity contribution in [3.8, 4) is 0 Å². The Morgan fingerprint density at radius 3 is 1.93 bits per heavy atom. The summed E-state index contributed by atoms with van der Waals surface area (Å²) in [5.41, 5.74) is 2.59. The molecule has 1 N–H and O–H groups in total. The molecule has 0 amide bonds. The summed E-state index contributed by atoms with van der Waals surface area (Å²) in [6, 6.07) is 8.91. The van der Waals surface area contributed by atoms with Crippen LogP contribution >= 0.6 is 31.9 Å². The third kappa shape index (κ3) is 5.00. The average Bonchev–Trinajstić information content (AvgIpc) is 2.72. The number of carbonyl (C=O) groups is 2. The van der Waals surface area contributed by atoms with E-state index in [1.165, 1.54) is 44.9 Å². The minimum atomic E-state index is -0.107. The van der Waals surface area contributed by atoms with Crippen LogP contribution in [0.25, 0.3) is 0 Å². The quantitative estimate of drug-likeness (QED) is 0.281. The number of halogens is 2. The Kier molecular flexibility index (Phi) is 8.07. The summed E-state index contributed by atoms with van der Waals surface area (Å²) in [7, 11) is 0. The van der Waals surface area contributed by atoms with Crippen LogP contribution < -0.4 is 5.32 Å². The maximum Gasteiger partial charge on any atom is 0.196 e. The fourth-order valence-electron chi connectivity index (χ4n) is 3.86. The van der Waals surface area contributed by atoms with Crippen molar-refractivity contribution in [3.63, 3.8) is 0 Å². The second-order valence-electron chi connectivity index (χ2n) is 7.57. The van der Waals surface area contributed by atoms with E-state index in [0.717, 1.165) is 23.1 Å². The van der Waals surface area contributed by atoms with E-state index < -0.39 is 0 Å². The van der Waals surface area contributed by atoms with Gasteiger partial charge >= 0.3 is 0 Å². The molecular formula is C24H27Br2NO2. The van der Waals surface area contributed by atoms with E-state index in [2.05, 4.69) is 44.1 Å². The first-order valence-electron chi connectivity index (χ1n) is 10.5. The lowest BCUT2D eigenvalue weighted by molar-refractivity contribution is 0.0979. The van der Waals surface area contributed by atoms with Gasteiger partial charge in [0.25, 0.3) is 0 Å². The van der Waals surface area contributed by atoms with Crippen molar-refractivity contribution in [3.05, 3.63) is 61.5 Å². The summed E-state index contributed by atoms with van der Waals surface area (Å²) in [6.45, 7) is 3.02. The molecule has 2 aromatic carbocycles. The highest BCUT2D eigenvalue weighted by Gasteiger charge is 2.34. The van der Waals surface area contributed by atoms with E-state index in [0.29, 0.717) is 26.7 Å².